The Morgan fingerprint density at radius 1 is 1.23 bits per heavy atom. The summed E-state index contributed by atoms with van der Waals surface area (Å²) in [5.41, 5.74) is 8.38. The molecule has 1 rings (SSSR count). The van der Waals surface area contributed by atoms with Gasteiger partial charge in [0.25, 0.3) is 5.91 Å². The molecule has 31 heavy (non-hydrogen) atoms. The van der Waals surface area contributed by atoms with Crippen LogP contribution in [0.2, 0.25) is 0 Å². The molecule has 11 heteroatoms. The highest BCUT2D eigenvalue weighted by molar-refractivity contribution is 5.94. The molecule has 1 atom stereocenters. The van der Waals surface area contributed by atoms with Crippen molar-refractivity contribution in [2.75, 3.05) is 26.4 Å². The Bertz CT molecular complexity index is 801. The van der Waals surface area contributed by atoms with Crippen molar-refractivity contribution in [3.63, 3.8) is 0 Å². The van der Waals surface area contributed by atoms with Gasteiger partial charge in [-0.05, 0) is 44.5 Å². The van der Waals surface area contributed by atoms with E-state index in [9.17, 15) is 14.4 Å². The number of rotatable bonds is 12. The lowest BCUT2D eigenvalue weighted by Crippen LogP contribution is -2.29. The van der Waals surface area contributed by atoms with E-state index in [2.05, 4.69) is 15.3 Å². The molecular weight excluding hydrogens is 408 g/mol. The van der Waals surface area contributed by atoms with Gasteiger partial charge in [0.15, 0.2) is 6.23 Å². The van der Waals surface area contributed by atoms with Crippen LogP contribution in [0, 0.1) is 0 Å². The van der Waals surface area contributed by atoms with Crippen LogP contribution in [-0.4, -0.2) is 56.0 Å². The van der Waals surface area contributed by atoms with E-state index in [1.165, 1.54) is 13.0 Å². The Morgan fingerprint density at radius 2 is 1.97 bits per heavy atom. The van der Waals surface area contributed by atoms with Crippen molar-refractivity contribution in [2.24, 2.45) is 5.11 Å². The number of carbonyl (C=O) groups excluding carboxylic acids is 3. The standard InChI is InChI=1S/C20H28N4O7/c1-14(25)28-10-11-29-17(23-24-21)13-30-16-7-5-6-15(12-16)19(27)22-9-8-18(26)31-20(2,3)4/h5-7,12,17H,8-11,13H2,1-4H3,(H,22,27). The first-order valence-electron chi connectivity index (χ1n) is 9.63. The number of nitrogens with one attached hydrogen (secondary N) is 1. The fourth-order valence-corrected chi connectivity index (χ4v) is 2.21. The smallest absolute Gasteiger partial charge is 0.308 e. The molecule has 0 aliphatic heterocycles. The summed E-state index contributed by atoms with van der Waals surface area (Å²) in [5.74, 6) is -0.858. The third-order valence-electron chi connectivity index (χ3n) is 3.40. The van der Waals surface area contributed by atoms with Gasteiger partial charge in [-0.1, -0.05) is 11.2 Å². The topological polar surface area (TPSA) is 149 Å². The van der Waals surface area contributed by atoms with Gasteiger partial charge in [0.05, 0.1) is 13.0 Å². The van der Waals surface area contributed by atoms with Crippen molar-refractivity contribution in [1.29, 1.82) is 0 Å². The molecule has 1 N–H and O–H groups in total. The van der Waals surface area contributed by atoms with Gasteiger partial charge in [0, 0.05) is 23.9 Å². The lowest BCUT2D eigenvalue weighted by molar-refractivity contribution is -0.154. The Kier molecular flexibility index (Phi) is 10.9. The van der Waals surface area contributed by atoms with E-state index in [0.29, 0.717) is 11.3 Å². The van der Waals surface area contributed by atoms with Crippen molar-refractivity contribution < 1.29 is 33.3 Å². The van der Waals surface area contributed by atoms with Crippen LogP contribution < -0.4 is 10.1 Å². The number of esters is 2. The molecule has 170 valence electrons. The molecule has 0 heterocycles. The predicted molar refractivity (Wildman–Crippen MR) is 110 cm³/mol. The zero-order valence-corrected chi connectivity index (χ0v) is 18.1. The van der Waals surface area contributed by atoms with E-state index in [1.807, 2.05) is 0 Å². The van der Waals surface area contributed by atoms with Crippen molar-refractivity contribution in [3.05, 3.63) is 40.3 Å². The lowest BCUT2D eigenvalue weighted by atomic mass is 10.2. The largest absolute Gasteiger partial charge is 0.491 e. The van der Waals surface area contributed by atoms with E-state index in [0.717, 1.165) is 0 Å². The summed E-state index contributed by atoms with van der Waals surface area (Å²) in [6.07, 6.45) is -0.885. The summed E-state index contributed by atoms with van der Waals surface area (Å²) in [7, 11) is 0. The number of carbonyl (C=O) groups is 3. The molecule has 1 aromatic carbocycles. The minimum atomic E-state index is -0.938. The van der Waals surface area contributed by atoms with Gasteiger partial charge in [0.1, 0.15) is 24.6 Å². The maximum atomic E-state index is 12.3. The number of benzene rings is 1. The van der Waals surface area contributed by atoms with E-state index >= 15 is 0 Å². The minimum absolute atomic E-state index is 0.0196. The van der Waals surface area contributed by atoms with Crippen molar-refractivity contribution in [1.82, 2.24) is 5.32 Å². The predicted octanol–water partition coefficient (Wildman–Crippen LogP) is 2.74. The third-order valence-corrected chi connectivity index (χ3v) is 3.40. The van der Waals surface area contributed by atoms with E-state index in [-0.39, 0.29) is 38.7 Å². The van der Waals surface area contributed by atoms with E-state index < -0.39 is 23.8 Å². The number of hydrogen-bond acceptors (Lipinski definition) is 8. The van der Waals surface area contributed by atoms with Crippen LogP contribution in [0.3, 0.4) is 0 Å². The van der Waals surface area contributed by atoms with Gasteiger partial charge >= 0.3 is 11.9 Å². The minimum Gasteiger partial charge on any atom is -0.491 e. The highest BCUT2D eigenvalue weighted by Crippen LogP contribution is 2.14. The second-order valence-corrected chi connectivity index (χ2v) is 7.30. The van der Waals surface area contributed by atoms with Gasteiger partial charge in [0.2, 0.25) is 0 Å². The molecule has 0 aliphatic carbocycles. The zero-order valence-electron chi connectivity index (χ0n) is 18.1. The Labute approximate surface area is 180 Å². The summed E-state index contributed by atoms with van der Waals surface area (Å²) in [5, 5.41) is 6.11. The molecule has 0 aromatic heterocycles. The summed E-state index contributed by atoms with van der Waals surface area (Å²) in [4.78, 5) is 37.4. The van der Waals surface area contributed by atoms with E-state index in [4.69, 9.17) is 24.5 Å². The van der Waals surface area contributed by atoms with Gasteiger partial charge < -0.3 is 24.3 Å². The normalized spacial score (nSPS) is 11.6. The van der Waals surface area contributed by atoms with Crippen LogP contribution in [-0.2, 0) is 23.8 Å². The van der Waals surface area contributed by atoms with Gasteiger partial charge in [-0.25, -0.2) is 0 Å². The average Bonchev–Trinajstić information content (AvgIpc) is 2.67. The average molecular weight is 436 g/mol. The molecule has 11 nitrogen and oxygen atoms in total. The summed E-state index contributed by atoms with van der Waals surface area (Å²) >= 11 is 0. The Balaban J connectivity index is 2.51. The molecule has 0 spiro atoms. The molecule has 0 fully saturated rings. The van der Waals surface area contributed by atoms with Gasteiger partial charge in [-0.15, -0.1) is 0 Å². The molecular formula is C20H28N4O7. The zero-order chi connectivity index (χ0) is 23.3. The number of amides is 1. The third kappa shape index (κ3) is 12.1. The lowest BCUT2D eigenvalue weighted by Gasteiger charge is -2.19. The van der Waals surface area contributed by atoms with Crippen LogP contribution in [0.4, 0.5) is 0 Å². The first-order chi connectivity index (χ1) is 14.6. The Hall–Kier alpha value is -3.30. The highest BCUT2D eigenvalue weighted by atomic mass is 16.6. The van der Waals surface area contributed by atoms with Crippen LogP contribution in [0.15, 0.2) is 29.4 Å². The second-order valence-electron chi connectivity index (χ2n) is 7.30. The summed E-state index contributed by atoms with van der Waals surface area (Å²) < 4.78 is 20.7. The van der Waals surface area contributed by atoms with Crippen molar-refractivity contribution in [3.8, 4) is 5.75 Å². The molecule has 0 saturated carbocycles. The monoisotopic (exact) mass is 436 g/mol. The first kappa shape index (κ1) is 25.7. The number of hydrogen-bond donors (Lipinski definition) is 1. The Morgan fingerprint density at radius 3 is 2.61 bits per heavy atom. The number of azide groups is 1. The van der Waals surface area contributed by atoms with Crippen molar-refractivity contribution >= 4 is 17.8 Å². The molecule has 1 amide bonds. The summed E-state index contributed by atoms with van der Waals surface area (Å²) in [6, 6.07) is 6.36. The summed E-state index contributed by atoms with van der Waals surface area (Å²) in [6.45, 7) is 6.67. The fraction of sp³-hybridized carbons (Fsp3) is 0.550. The SMILES string of the molecule is CC(=O)OCCOC(COc1cccc(C(=O)NCCC(=O)OC(C)(C)C)c1)N=[N+]=[N-]. The number of ether oxygens (including phenoxy) is 4. The molecule has 0 radical (unpaired) electrons. The maximum absolute atomic E-state index is 12.3. The second kappa shape index (κ2) is 13.1. The van der Waals surface area contributed by atoms with Gasteiger partial charge in [-0.3, -0.25) is 14.4 Å². The van der Waals surface area contributed by atoms with Crippen molar-refractivity contribution in [2.45, 2.75) is 45.9 Å². The molecule has 0 saturated heterocycles. The quantitative estimate of drug-likeness (QED) is 0.174. The first-order valence-corrected chi connectivity index (χ1v) is 9.63. The number of nitrogens with zero attached hydrogens (tertiary/aromatic N) is 3. The van der Waals surface area contributed by atoms with Crippen LogP contribution >= 0.6 is 0 Å². The van der Waals surface area contributed by atoms with Gasteiger partial charge in [-0.2, -0.15) is 0 Å². The molecule has 1 aromatic rings. The van der Waals surface area contributed by atoms with Crippen LogP contribution in [0.1, 0.15) is 44.5 Å². The fourth-order valence-electron chi connectivity index (χ4n) is 2.21. The van der Waals surface area contributed by atoms with Crippen LogP contribution in [0.25, 0.3) is 10.4 Å². The molecule has 0 aliphatic rings. The van der Waals surface area contributed by atoms with Crippen LogP contribution in [0.5, 0.6) is 5.75 Å². The molecule has 1 unspecified atom stereocenters. The highest BCUT2D eigenvalue weighted by Gasteiger charge is 2.16. The maximum Gasteiger partial charge on any atom is 0.308 e. The van der Waals surface area contributed by atoms with E-state index in [1.54, 1.807) is 39.0 Å². The molecule has 0 bridgehead atoms.